The molecule has 0 bridgehead atoms. The summed E-state index contributed by atoms with van der Waals surface area (Å²) in [6, 6.07) is 18.8. The maximum absolute atomic E-state index is 12.4. The van der Waals surface area contributed by atoms with Gasteiger partial charge in [0.05, 0.1) is 5.52 Å². The molecule has 0 radical (unpaired) electrons. The molecule has 0 amide bonds. The second-order valence-corrected chi connectivity index (χ2v) is 5.63. The van der Waals surface area contributed by atoms with Gasteiger partial charge in [0.15, 0.2) is 11.9 Å². The van der Waals surface area contributed by atoms with Crippen molar-refractivity contribution in [3.63, 3.8) is 0 Å². The number of epoxide rings is 1. The highest BCUT2D eigenvalue weighted by atomic mass is 35.5. The van der Waals surface area contributed by atoms with Crippen molar-refractivity contribution in [3.05, 3.63) is 76.9 Å². The molecule has 0 spiro atoms. The number of ketones is 1. The summed E-state index contributed by atoms with van der Waals surface area (Å²) in [6.07, 6.45) is -0.778. The molecule has 108 valence electrons. The average molecular weight is 310 g/mol. The molecule has 4 rings (SSSR count). The Balaban J connectivity index is 1.65. The fraction of sp³-hybridized carbons (Fsp3) is 0.111. The van der Waals surface area contributed by atoms with E-state index in [1.165, 1.54) is 0 Å². The van der Waals surface area contributed by atoms with E-state index in [2.05, 4.69) is 4.98 Å². The van der Waals surface area contributed by atoms with E-state index < -0.39 is 6.10 Å². The molecule has 2 atom stereocenters. The summed E-state index contributed by atoms with van der Waals surface area (Å²) < 4.78 is 5.57. The monoisotopic (exact) mass is 309 g/mol. The molecule has 22 heavy (non-hydrogen) atoms. The maximum Gasteiger partial charge on any atom is 0.194 e. The van der Waals surface area contributed by atoms with Crippen molar-refractivity contribution >= 4 is 28.3 Å². The molecule has 0 unspecified atom stereocenters. The van der Waals surface area contributed by atoms with Gasteiger partial charge in [-0.2, -0.15) is 0 Å². The van der Waals surface area contributed by atoms with Gasteiger partial charge in [0.1, 0.15) is 11.3 Å². The highest BCUT2D eigenvalue weighted by Crippen LogP contribution is 2.43. The van der Waals surface area contributed by atoms with Crippen molar-refractivity contribution in [2.45, 2.75) is 12.2 Å². The van der Waals surface area contributed by atoms with Crippen LogP contribution in [-0.4, -0.2) is 16.9 Å². The van der Waals surface area contributed by atoms with Gasteiger partial charge in [-0.1, -0.05) is 60.1 Å². The third kappa shape index (κ3) is 2.28. The first-order valence-corrected chi connectivity index (χ1v) is 7.42. The van der Waals surface area contributed by atoms with Crippen molar-refractivity contribution in [1.82, 2.24) is 4.98 Å². The normalized spacial score (nSPS) is 20.0. The first-order valence-electron chi connectivity index (χ1n) is 7.04. The van der Waals surface area contributed by atoms with E-state index in [-0.39, 0.29) is 11.9 Å². The van der Waals surface area contributed by atoms with Crippen LogP contribution in [0.2, 0.25) is 5.15 Å². The zero-order valence-electron chi connectivity index (χ0n) is 11.6. The largest absolute Gasteiger partial charge is 0.356 e. The van der Waals surface area contributed by atoms with Gasteiger partial charge < -0.3 is 4.74 Å². The standard InChI is InChI=1S/C18H12ClNO2/c19-18-13(10-12-8-4-5-9-14(12)20-18)16-17(22-16)15(21)11-6-2-1-3-7-11/h1-10,16-17H/t16-,17-/m1/s1. The summed E-state index contributed by atoms with van der Waals surface area (Å²) in [5, 5.41) is 1.38. The SMILES string of the molecule is O=C(c1ccccc1)[C@H]1O[C@@H]1c1cc2ccccc2nc1Cl. The Morgan fingerprint density at radius 1 is 1.05 bits per heavy atom. The molecular weight excluding hydrogens is 298 g/mol. The van der Waals surface area contributed by atoms with Crippen LogP contribution in [0.1, 0.15) is 22.0 Å². The van der Waals surface area contributed by atoms with Gasteiger partial charge in [-0.05, 0) is 12.1 Å². The highest BCUT2D eigenvalue weighted by Gasteiger charge is 2.47. The summed E-state index contributed by atoms with van der Waals surface area (Å²) in [5.41, 5.74) is 2.26. The van der Waals surface area contributed by atoms with Crippen LogP contribution >= 0.6 is 11.6 Å². The quantitative estimate of drug-likeness (QED) is 0.413. The number of rotatable bonds is 3. The van der Waals surface area contributed by atoms with Gasteiger partial charge in [-0.25, -0.2) is 4.98 Å². The summed E-state index contributed by atoms with van der Waals surface area (Å²) in [7, 11) is 0. The van der Waals surface area contributed by atoms with Crippen LogP contribution in [0.4, 0.5) is 0 Å². The first kappa shape index (κ1) is 13.4. The van der Waals surface area contributed by atoms with E-state index in [0.717, 1.165) is 16.5 Å². The van der Waals surface area contributed by atoms with Gasteiger partial charge in [0.25, 0.3) is 0 Å². The lowest BCUT2D eigenvalue weighted by Crippen LogP contribution is -2.08. The summed E-state index contributed by atoms with van der Waals surface area (Å²) in [6.45, 7) is 0. The fourth-order valence-corrected chi connectivity index (χ4v) is 2.88. The summed E-state index contributed by atoms with van der Waals surface area (Å²) in [4.78, 5) is 16.8. The van der Waals surface area contributed by atoms with Gasteiger partial charge >= 0.3 is 0 Å². The van der Waals surface area contributed by atoms with Crippen molar-refractivity contribution in [3.8, 4) is 0 Å². The molecule has 1 fully saturated rings. The predicted octanol–water partition coefficient (Wildman–Crippen LogP) is 4.21. The smallest absolute Gasteiger partial charge is 0.194 e. The number of para-hydroxylation sites is 1. The minimum absolute atomic E-state index is 0.0187. The summed E-state index contributed by atoms with van der Waals surface area (Å²) in [5.74, 6) is -0.0187. The van der Waals surface area contributed by atoms with Crippen LogP contribution in [0.3, 0.4) is 0 Å². The number of hydrogen-bond acceptors (Lipinski definition) is 3. The number of nitrogens with zero attached hydrogens (tertiary/aromatic N) is 1. The molecule has 0 aliphatic carbocycles. The first-order chi connectivity index (χ1) is 10.7. The molecule has 3 nitrogen and oxygen atoms in total. The van der Waals surface area contributed by atoms with Crippen LogP contribution in [0.15, 0.2) is 60.7 Å². The molecule has 4 heteroatoms. The third-order valence-electron chi connectivity index (χ3n) is 3.82. The maximum atomic E-state index is 12.4. The number of hydrogen-bond donors (Lipinski definition) is 0. The molecule has 3 aromatic rings. The van der Waals surface area contributed by atoms with E-state index in [4.69, 9.17) is 16.3 Å². The average Bonchev–Trinajstić information content (AvgIpc) is 3.35. The number of benzene rings is 2. The number of halogens is 1. The Morgan fingerprint density at radius 2 is 1.77 bits per heavy atom. The topological polar surface area (TPSA) is 42.5 Å². The lowest BCUT2D eigenvalue weighted by Gasteiger charge is -2.03. The lowest BCUT2D eigenvalue weighted by molar-refractivity contribution is 0.0953. The van der Waals surface area contributed by atoms with Crippen LogP contribution in [-0.2, 0) is 4.74 Å². The number of carbonyl (C=O) groups excluding carboxylic acids is 1. The zero-order chi connectivity index (χ0) is 15.1. The molecule has 2 heterocycles. The number of aromatic nitrogens is 1. The molecule has 0 saturated carbocycles. The minimum atomic E-state index is -0.470. The molecule has 1 saturated heterocycles. The Morgan fingerprint density at radius 3 is 2.59 bits per heavy atom. The number of carbonyl (C=O) groups is 1. The molecule has 1 aliphatic rings. The second-order valence-electron chi connectivity index (χ2n) is 5.27. The Labute approximate surface area is 132 Å². The van der Waals surface area contributed by atoms with E-state index in [9.17, 15) is 4.79 Å². The van der Waals surface area contributed by atoms with Crippen molar-refractivity contribution in [2.75, 3.05) is 0 Å². The van der Waals surface area contributed by atoms with Gasteiger partial charge in [0.2, 0.25) is 0 Å². The zero-order valence-corrected chi connectivity index (χ0v) is 12.3. The summed E-state index contributed by atoms with van der Waals surface area (Å²) >= 11 is 6.25. The van der Waals surface area contributed by atoms with Crippen LogP contribution in [0.5, 0.6) is 0 Å². The van der Waals surface area contributed by atoms with Crippen LogP contribution in [0, 0.1) is 0 Å². The minimum Gasteiger partial charge on any atom is -0.356 e. The number of ether oxygens (including phenoxy) is 1. The number of pyridine rings is 1. The van der Waals surface area contributed by atoms with E-state index >= 15 is 0 Å². The molecule has 2 aromatic carbocycles. The van der Waals surface area contributed by atoms with E-state index in [0.29, 0.717) is 10.7 Å². The third-order valence-corrected chi connectivity index (χ3v) is 4.12. The van der Waals surface area contributed by atoms with Gasteiger partial charge in [-0.3, -0.25) is 4.79 Å². The van der Waals surface area contributed by atoms with Crippen LogP contribution in [0.25, 0.3) is 10.9 Å². The van der Waals surface area contributed by atoms with Gasteiger partial charge in [-0.15, -0.1) is 0 Å². The Kier molecular flexibility index (Phi) is 3.17. The van der Waals surface area contributed by atoms with Crippen molar-refractivity contribution in [1.29, 1.82) is 0 Å². The van der Waals surface area contributed by atoms with Crippen LogP contribution < -0.4 is 0 Å². The highest BCUT2D eigenvalue weighted by molar-refractivity contribution is 6.30. The van der Waals surface area contributed by atoms with Crippen molar-refractivity contribution in [2.24, 2.45) is 0 Å². The number of fused-ring (bicyclic) bond motifs is 1. The van der Waals surface area contributed by atoms with E-state index in [1.807, 2.05) is 48.5 Å². The number of Topliss-reactive ketones (excluding diaryl/α,β-unsaturated/α-hetero) is 1. The second kappa shape index (κ2) is 5.20. The fourth-order valence-electron chi connectivity index (χ4n) is 2.62. The van der Waals surface area contributed by atoms with Gasteiger partial charge in [0, 0.05) is 16.5 Å². The molecule has 0 N–H and O–H groups in total. The Hall–Kier alpha value is -2.23. The molecular formula is C18H12ClNO2. The lowest BCUT2D eigenvalue weighted by atomic mass is 10.0. The molecule has 1 aliphatic heterocycles. The Bertz CT molecular complexity index is 863. The molecule has 1 aromatic heterocycles. The van der Waals surface area contributed by atoms with E-state index in [1.54, 1.807) is 12.1 Å². The predicted molar refractivity (Wildman–Crippen MR) is 85.1 cm³/mol. The van der Waals surface area contributed by atoms with Crippen molar-refractivity contribution < 1.29 is 9.53 Å².